The van der Waals surface area contributed by atoms with Gasteiger partial charge in [0.1, 0.15) is 6.04 Å². The summed E-state index contributed by atoms with van der Waals surface area (Å²) >= 11 is 0. The van der Waals surface area contributed by atoms with Crippen molar-refractivity contribution in [1.82, 2.24) is 20.9 Å². The topological polar surface area (TPSA) is 90.5 Å². The minimum atomic E-state index is -0.553. The fraction of sp³-hybridized carbons (Fsp3) is 0.571. The summed E-state index contributed by atoms with van der Waals surface area (Å²) in [6.07, 6.45) is 5.42. The number of nitrogens with zero attached hydrogens (tertiary/aromatic N) is 1. The molecule has 3 N–H and O–H groups in total. The monoisotopic (exact) mass is 384 g/mol. The fourth-order valence-electron chi connectivity index (χ4n) is 4.42. The molecule has 2 fully saturated rings. The van der Waals surface area contributed by atoms with Gasteiger partial charge >= 0.3 is 0 Å². The van der Waals surface area contributed by atoms with Crippen molar-refractivity contribution in [2.75, 3.05) is 13.1 Å². The van der Waals surface area contributed by atoms with Crippen molar-refractivity contribution < 1.29 is 14.4 Å². The second-order valence-corrected chi connectivity index (χ2v) is 8.00. The minimum absolute atomic E-state index is 0.114. The third-order valence-corrected chi connectivity index (χ3v) is 6.00. The molecule has 3 aliphatic rings. The molecule has 1 aromatic rings. The number of benzene rings is 1. The molecule has 0 saturated carbocycles. The Kier molecular flexibility index (Phi) is 5.73. The van der Waals surface area contributed by atoms with Crippen molar-refractivity contribution in [3.05, 3.63) is 34.9 Å². The molecule has 7 nitrogen and oxygen atoms in total. The average Bonchev–Trinajstić information content (AvgIpc) is 2.97. The van der Waals surface area contributed by atoms with Crippen LogP contribution in [-0.4, -0.2) is 47.8 Å². The van der Waals surface area contributed by atoms with Crippen LogP contribution < -0.4 is 16.0 Å². The Morgan fingerprint density at radius 2 is 1.86 bits per heavy atom. The summed E-state index contributed by atoms with van der Waals surface area (Å²) in [4.78, 5) is 37.9. The van der Waals surface area contributed by atoms with Crippen LogP contribution in [0.15, 0.2) is 18.2 Å². The molecule has 3 aliphatic heterocycles. The van der Waals surface area contributed by atoms with E-state index in [1.165, 1.54) is 25.7 Å². The summed E-state index contributed by atoms with van der Waals surface area (Å²) in [5.41, 5.74) is 2.80. The van der Waals surface area contributed by atoms with Gasteiger partial charge in [0, 0.05) is 31.1 Å². The van der Waals surface area contributed by atoms with E-state index in [0.717, 1.165) is 30.8 Å². The first kappa shape index (κ1) is 19.1. The molecular weight excluding hydrogens is 356 g/mol. The second kappa shape index (κ2) is 8.41. The number of rotatable bonds is 4. The van der Waals surface area contributed by atoms with Crippen LogP contribution in [-0.2, 0) is 22.7 Å². The van der Waals surface area contributed by atoms with Crippen LogP contribution in [0.3, 0.4) is 0 Å². The van der Waals surface area contributed by atoms with Gasteiger partial charge in [-0.05, 0) is 62.4 Å². The van der Waals surface area contributed by atoms with E-state index >= 15 is 0 Å². The van der Waals surface area contributed by atoms with Crippen LogP contribution in [0.2, 0.25) is 0 Å². The first-order chi connectivity index (χ1) is 13.6. The zero-order chi connectivity index (χ0) is 19.5. The maximum Gasteiger partial charge on any atom is 0.255 e. The van der Waals surface area contributed by atoms with Crippen LogP contribution in [0, 0.1) is 0 Å². The van der Waals surface area contributed by atoms with Crippen LogP contribution in [0.1, 0.15) is 60.0 Å². The Balaban J connectivity index is 1.39. The van der Waals surface area contributed by atoms with Gasteiger partial charge in [0.05, 0.1) is 0 Å². The number of carbonyl (C=O) groups is 3. The summed E-state index contributed by atoms with van der Waals surface area (Å²) in [6.45, 7) is 3.41. The fourth-order valence-corrected chi connectivity index (χ4v) is 4.42. The van der Waals surface area contributed by atoms with Crippen molar-refractivity contribution in [1.29, 1.82) is 0 Å². The summed E-state index contributed by atoms with van der Waals surface area (Å²) < 4.78 is 0. The van der Waals surface area contributed by atoms with Gasteiger partial charge in [-0.2, -0.15) is 0 Å². The molecule has 2 saturated heterocycles. The Hall–Kier alpha value is -2.25. The molecule has 1 atom stereocenters. The minimum Gasteiger partial charge on any atom is -0.322 e. The second-order valence-electron chi connectivity index (χ2n) is 8.00. The molecule has 0 aromatic heterocycles. The summed E-state index contributed by atoms with van der Waals surface area (Å²) in [7, 11) is 0. The molecule has 3 amide bonds. The molecule has 1 unspecified atom stereocenters. The predicted octanol–water partition coefficient (Wildman–Crippen LogP) is 1.07. The van der Waals surface area contributed by atoms with Gasteiger partial charge < -0.3 is 15.5 Å². The summed E-state index contributed by atoms with van der Waals surface area (Å²) in [5.74, 6) is -0.738. The standard InChI is InChI=1S/C21H28N4O3/c26-19-8-7-18(20(27)24-19)25-13-15-11-14(5-6-17(15)21(25)28)12-23-16-3-1-9-22-10-2-4-16/h5-6,11,16,18,22-23H,1-4,7-10,12-13H2,(H,24,26,27). The Morgan fingerprint density at radius 1 is 1.07 bits per heavy atom. The van der Waals surface area contributed by atoms with Crippen LogP contribution in [0.5, 0.6) is 0 Å². The maximum atomic E-state index is 12.7. The molecule has 3 heterocycles. The van der Waals surface area contributed by atoms with E-state index in [0.29, 0.717) is 24.6 Å². The van der Waals surface area contributed by atoms with E-state index in [1.54, 1.807) is 4.90 Å². The molecule has 150 valence electrons. The SMILES string of the molecule is O=C1CCC(N2Cc3cc(CNC4CCCNCCC4)ccc3C2=O)C(=O)N1. The zero-order valence-corrected chi connectivity index (χ0v) is 16.1. The lowest BCUT2D eigenvalue weighted by atomic mass is 10.0. The number of amides is 3. The largest absolute Gasteiger partial charge is 0.322 e. The van der Waals surface area contributed by atoms with Crippen molar-refractivity contribution >= 4 is 17.7 Å². The van der Waals surface area contributed by atoms with Gasteiger partial charge in [-0.25, -0.2) is 0 Å². The van der Waals surface area contributed by atoms with E-state index in [2.05, 4.69) is 22.0 Å². The van der Waals surface area contributed by atoms with Gasteiger partial charge in [-0.3, -0.25) is 19.7 Å². The molecule has 28 heavy (non-hydrogen) atoms. The summed E-state index contributed by atoms with van der Waals surface area (Å²) in [6, 6.07) is 5.95. The first-order valence-corrected chi connectivity index (χ1v) is 10.3. The lowest BCUT2D eigenvalue weighted by Crippen LogP contribution is -2.52. The first-order valence-electron chi connectivity index (χ1n) is 10.3. The van der Waals surface area contributed by atoms with E-state index in [9.17, 15) is 14.4 Å². The van der Waals surface area contributed by atoms with Crippen molar-refractivity contribution in [3.63, 3.8) is 0 Å². The van der Waals surface area contributed by atoms with E-state index in [4.69, 9.17) is 0 Å². The third kappa shape index (κ3) is 4.10. The highest BCUT2D eigenvalue weighted by molar-refractivity contribution is 6.05. The molecule has 0 radical (unpaired) electrons. The number of fused-ring (bicyclic) bond motifs is 1. The quantitative estimate of drug-likeness (QED) is 0.676. The van der Waals surface area contributed by atoms with Crippen molar-refractivity contribution in [2.24, 2.45) is 0 Å². The lowest BCUT2D eigenvalue weighted by Gasteiger charge is -2.29. The molecular formula is C21H28N4O3. The van der Waals surface area contributed by atoms with Crippen LogP contribution >= 0.6 is 0 Å². The highest BCUT2D eigenvalue weighted by Crippen LogP contribution is 2.28. The van der Waals surface area contributed by atoms with Gasteiger partial charge in [0.2, 0.25) is 11.8 Å². The average molecular weight is 384 g/mol. The predicted molar refractivity (Wildman–Crippen MR) is 104 cm³/mol. The van der Waals surface area contributed by atoms with Crippen LogP contribution in [0.25, 0.3) is 0 Å². The lowest BCUT2D eigenvalue weighted by molar-refractivity contribution is -0.136. The highest BCUT2D eigenvalue weighted by atomic mass is 16.2. The molecule has 4 rings (SSSR count). The molecule has 0 spiro atoms. The number of piperidine rings is 1. The Labute approximate surface area is 165 Å². The summed E-state index contributed by atoms with van der Waals surface area (Å²) in [5, 5.41) is 9.45. The highest BCUT2D eigenvalue weighted by Gasteiger charge is 2.39. The van der Waals surface area contributed by atoms with E-state index in [-0.39, 0.29) is 24.1 Å². The van der Waals surface area contributed by atoms with Crippen molar-refractivity contribution in [2.45, 2.75) is 63.7 Å². The molecule has 7 heteroatoms. The number of imide groups is 1. The molecule has 1 aromatic carbocycles. The van der Waals surface area contributed by atoms with Crippen LogP contribution in [0.4, 0.5) is 0 Å². The number of hydrogen-bond acceptors (Lipinski definition) is 5. The normalized spacial score (nSPS) is 23.9. The molecule has 0 bridgehead atoms. The van der Waals surface area contributed by atoms with Gasteiger partial charge in [0.15, 0.2) is 0 Å². The van der Waals surface area contributed by atoms with Gasteiger partial charge in [-0.15, -0.1) is 0 Å². The van der Waals surface area contributed by atoms with E-state index in [1.807, 2.05) is 12.1 Å². The van der Waals surface area contributed by atoms with Gasteiger partial charge in [0.25, 0.3) is 5.91 Å². The molecule has 0 aliphatic carbocycles. The smallest absolute Gasteiger partial charge is 0.255 e. The van der Waals surface area contributed by atoms with Crippen molar-refractivity contribution in [3.8, 4) is 0 Å². The maximum absolute atomic E-state index is 12.7. The van der Waals surface area contributed by atoms with E-state index < -0.39 is 6.04 Å². The number of hydrogen-bond donors (Lipinski definition) is 3. The Bertz CT molecular complexity index is 771. The third-order valence-electron chi connectivity index (χ3n) is 6.00. The zero-order valence-electron chi connectivity index (χ0n) is 16.1. The number of nitrogens with one attached hydrogen (secondary N) is 3. The van der Waals surface area contributed by atoms with Gasteiger partial charge in [-0.1, -0.05) is 12.1 Å². The Morgan fingerprint density at radius 3 is 2.61 bits per heavy atom. The number of carbonyl (C=O) groups excluding carboxylic acids is 3.